The number of benzene rings is 1. The quantitative estimate of drug-likeness (QED) is 0.739. The molecule has 2 N–H and O–H groups in total. The first-order valence-electron chi connectivity index (χ1n) is 6.93. The Balaban J connectivity index is 1.89. The van der Waals surface area contributed by atoms with Gasteiger partial charge in [0.25, 0.3) is 0 Å². The van der Waals surface area contributed by atoms with Gasteiger partial charge in [0.2, 0.25) is 0 Å². The van der Waals surface area contributed by atoms with Crippen molar-refractivity contribution in [2.45, 2.75) is 26.3 Å². The fourth-order valence-electron chi connectivity index (χ4n) is 2.54. The molecule has 2 aromatic heterocycles. The van der Waals surface area contributed by atoms with Gasteiger partial charge >= 0.3 is 0 Å². The van der Waals surface area contributed by atoms with E-state index in [1.54, 1.807) is 0 Å². The number of hydrogen-bond donors (Lipinski definition) is 1. The normalized spacial score (nSPS) is 11.1. The number of nitrogen functional groups attached to an aromatic ring is 1. The fraction of sp³-hybridized carbons (Fsp3) is 0.250. The average molecular weight is 266 g/mol. The Kier molecular flexibility index (Phi) is 3.37. The van der Waals surface area contributed by atoms with E-state index >= 15 is 0 Å². The molecule has 0 aliphatic carbocycles. The third-order valence-corrected chi connectivity index (χ3v) is 3.57. The molecular weight excluding hydrogens is 248 g/mol. The maximum absolute atomic E-state index is 5.99. The topological polar surface area (TPSA) is 56.7 Å². The van der Waals surface area contributed by atoms with E-state index in [9.17, 15) is 0 Å². The SMILES string of the molecule is CCn1c(CCc2ccccc2N)nc2cccnc21. The summed E-state index contributed by atoms with van der Waals surface area (Å²) in [5.74, 6) is 1.07. The van der Waals surface area contributed by atoms with Crippen LogP contribution < -0.4 is 5.73 Å². The van der Waals surface area contributed by atoms with Crippen molar-refractivity contribution in [1.82, 2.24) is 14.5 Å². The van der Waals surface area contributed by atoms with Crippen LogP contribution in [0.15, 0.2) is 42.6 Å². The number of nitrogens with two attached hydrogens (primary N) is 1. The lowest BCUT2D eigenvalue weighted by Crippen LogP contribution is -2.05. The fourth-order valence-corrected chi connectivity index (χ4v) is 2.54. The van der Waals surface area contributed by atoms with Crippen LogP contribution in [0, 0.1) is 0 Å². The van der Waals surface area contributed by atoms with Crippen molar-refractivity contribution in [1.29, 1.82) is 0 Å². The number of fused-ring (bicyclic) bond motifs is 1. The molecule has 0 saturated carbocycles. The third kappa shape index (κ3) is 2.25. The standard InChI is InChI=1S/C16H18N4/c1-2-20-15(19-14-8-5-11-18-16(14)20)10-9-12-6-3-4-7-13(12)17/h3-8,11H,2,9-10,17H2,1H3. The van der Waals surface area contributed by atoms with Crippen LogP contribution in [0.2, 0.25) is 0 Å². The second-order valence-corrected chi connectivity index (χ2v) is 4.82. The predicted octanol–water partition coefficient (Wildman–Crippen LogP) is 2.82. The number of imidazole rings is 1. The first-order valence-corrected chi connectivity index (χ1v) is 6.93. The smallest absolute Gasteiger partial charge is 0.159 e. The molecule has 1 aromatic carbocycles. The highest BCUT2D eigenvalue weighted by atomic mass is 15.1. The summed E-state index contributed by atoms with van der Waals surface area (Å²) < 4.78 is 2.18. The minimum atomic E-state index is 0.852. The summed E-state index contributed by atoms with van der Waals surface area (Å²) in [5, 5.41) is 0. The predicted molar refractivity (Wildman–Crippen MR) is 81.5 cm³/mol. The van der Waals surface area contributed by atoms with Crippen LogP contribution in [-0.2, 0) is 19.4 Å². The van der Waals surface area contributed by atoms with Crippen molar-refractivity contribution in [2.75, 3.05) is 5.73 Å². The Bertz CT molecular complexity index is 730. The lowest BCUT2D eigenvalue weighted by molar-refractivity contribution is 0.702. The maximum Gasteiger partial charge on any atom is 0.159 e. The number of aromatic nitrogens is 3. The number of para-hydroxylation sites is 1. The van der Waals surface area contributed by atoms with E-state index in [4.69, 9.17) is 5.73 Å². The molecule has 4 nitrogen and oxygen atoms in total. The highest BCUT2D eigenvalue weighted by Gasteiger charge is 2.10. The van der Waals surface area contributed by atoms with E-state index in [0.717, 1.165) is 42.1 Å². The average Bonchev–Trinajstić information content (AvgIpc) is 2.84. The molecule has 2 heterocycles. The molecule has 102 valence electrons. The van der Waals surface area contributed by atoms with Gasteiger partial charge in [-0.05, 0) is 37.1 Å². The highest BCUT2D eigenvalue weighted by Crippen LogP contribution is 2.17. The Morgan fingerprint density at radius 3 is 2.75 bits per heavy atom. The minimum absolute atomic E-state index is 0.852. The summed E-state index contributed by atoms with van der Waals surface area (Å²) in [5.41, 5.74) is 9.95. The van der Waals surface area contributed by atoms with E-state index < -0.39 is 0 Å². The van der Waals surface area contributed by atoms with Gasteiger partial charge in [0.15, 0.2) is 5.65 Å². The molecule has 0 unspecified atom stereocenters. The monoisotopic (exact) mass is 266 g/mol. The van der Waals surface area contributed by atoms with Crippen molar-refractivity contribution in [2.24, 2.45) is 0 Å². The molecule has 0 radical (unpaired) electrons. The van der Waals surface area contributed by atoms with Gasteiger partial charge in [0.1, 0.15) is 11.3 Å². The molecule has 0 amide bonds. The van der Waals surface area contributed by atoms with Crippen LogP contribution in [0.3, 0.4) is 0 Å². The molecule has 20 heavy (non-hydrogen) atoms. The number of hydrogen-bond acceptors (Lipinski definition) is 3. The Morgan fingerprint density at radius 1 is 1.10 bits per heavy atom. The van der Waals surface area contributed by atoms with Crippen molar-refractivity contribution in [3.8, 4) is 0 Å². The number of rotatable bonds is 4. The lowest BCUT2D eigenvalue weighted by Gasteiger charge is -2.07. The largest absolute Gasteiger partial charge is 0.399 e. The van der Waals surface area contributed by atoms with Crippen molar-refractivity contribution < 1.29 is 0 Å². The zero-order chi connectivity index (χ0) is 13.9. The second-order valence-electron chi connectivity index (χ2n) is 4.82. The number of pyridine rings is 1. The third-order valence-electron chi connectivity index (χ3n) is 3.57. The molecule has 0 spiro atoms. The number of nitrogens with zero attached hydrogens (tertiary/aromatic N) is 3. The zero-order valence-electron chi connectivity index (χ0n) is 11.6. The van der Waals surface area contributed by atoms with E-state index in [1.807, 2.05) is 36.5 Å². The minimum Gasteiger partial charge on any atom is -0.399 e. The molecule has 0 aliphatic heterocycles. The van der Waals surface area contributed by atoms with E-state index in [0.29, 0.717) is 0 Å². The summed E-state index contributed by atoms with van der Waals surface area (Å²) in [6, 6.07) is 11.9. The Hall–Kier alpha value is -2.36. The van der Waals surface area contributed by atoms with Gasteiger partial charge < -0.3 is 10.3 Å². The van der Waals surface area contributed by atoms with Gasteiger partial charge in [-0.2, -0.15) is 0 Å². The molecule has 0 aliphatic rings. The molecule has 0 saturated heterocycles. The van der Waals surface area contributed by atoms with Crippen LogP contribution in [-0.4, -0.2) is 14.5 Å². The van der Waals surface area contributed by atoms with Crippen molar-refractivity contribution in [3.63, 3.8) is 0 Å². The molecule has 4 heteroatoms. The summed E-state index contributed by atoms with van der Waals surface area (Å²) in [7, 11) is 0. The van der Waals surface area contributed by atoms with Crippen LogP contribution in [0.25, 0.3) is 11.2 Å². The van der Waals surface area contributed by atoms with Gasteiger partial charge in [-0.25, -0.2) is 9.97 Å². The number of anilines is 1. The van der Waals surface area contributed by atoms with E-state index in [1.165, 1.54) is 5.56 Å². The zero-order valence-corrected chi connectivity index (χ0v) is 11.6. The summed E-state index contributed by atoms with van der Waals surface area (Å²) >= 11 is 0. The maximum atomic E-state index is 5.99. The van der Waals surface area contributed by atoms with E-state index in [2.05, 4.69) is 27.5 Å². The van der Waals surface area contributed by atoms with E-state index in [-0.39, 0.29) is 0 Å². The van der Waals surface area contributed by atoms with Crippen molar-refractivity contribution in [3.05, 3.63) is 54.0 Å². The summed E-state index contributed by atoms with van der Waals surface area (Å²) in [6.45, 7) is 3.00. The second kappa shape index (κ2) is 5.33. The van der Waals surface area contributed by atoms with Crippen LogP contribution >= 0.6 is 0 Å². The Morgan fingerprint density at radius 2 is 1.95 bits per heavy atom. The van der Waals surface area contributed by atoms with Gasteiger partial charge in [0, 0.05) is 24.8 Å². The molecule has 0 bridgehead atoms. The van der Waals surface area contributed by atoms with Crippen LogP contribution in [0.1, 0.15) is 18.3 Å². The molecule has 0 fully saturated rings. The lowest BCUT2D eigenvalue weighted by atomic mass is 10.1. The first-order chi connectivity index (χ1) is 9.79. The van der Waals surface area contributed by atoms with Crippen LogP contribution in [0.4, 0.5) is 5.69 Å². The van der Waals surface area contributed by atoms with Gasteiger partial charge in [0.05, 0.1) is 0 Å². The first kappa shape index (κ1) is 12.7. The molecule has 3 rings (SSSR count). The summed E-state index contributed by atoms with van der Waals surface area (Å²) in [6.07, 6.45) is 3.59. The highest BCUT2D eigenvalue weighted by molar-refractivity contribution is 5.71. The van der Waals surface area contributed by atoms with Crippen LogP contribution in [0.5, 0.6) is 0 Å². The Labute approximate surface area is 118 Å². The summed E-state index contributed by atoms with van der Waals surface area (Å²) in [4.78, 5) is 9.11. The van der Waals surface area contributed by atoms with Gasteiger partial charge in [-0.15, -0.1) is 0 Å². The molecule has 3 aromatic rings. The molecular formula is C16H18N4. The van der Waals surface area contributed by atoms with Gasteiger partial charge in [-0.3, -0.25) is 0 Å². The van der Waals surface area contributed by atoms with Gasteiger partial charge in [-0.1, -0.05) is 18.2 Å². The molecule has 0 atom stereocenters. The van der Waals surface area contributed by atoms with Crippen molar-refractivity contribution >= 4 is 16.9 Å². The number of aryl methyl sites for hydroxylation is 3.